The molecular formula is C87H95ClN18O17S3. The van der Waals surface area contributed by atoms with Crippen LogP contribution in [0.15, 0.2) is 178 Å². The highest BCUT2D eigenvalue weighted by atomic mass is 35.5. The second-order valence-electron chi connectivity index (χ2n) is 27.8. The molecule has 0 radical (unpaired) electrons. The molecule has 4 heterocycles. The molecule has 11 aromatic rings. The average molecular weight is 1800 g/mol. The zero-order valence-electron chi connectivity index (χ0n) is 70.7. The van der Waals surface area contributed by atoms with Crippen LogP contribution in [0.3, 0.4) is 0 Å². The Balaban J connectivity index is 0.000000269. The van der Waals surface area contributed by atoms with Crippen LogP contribution in [0.5, 0.6) is 23.0 Å². The highest BCUT2D eigenvalue weighted by molar-refractivity contribution is 7.82. The molecule has 1 aliphatic heterocycles. The number of para-hydroxylation sites is 1. The maximum absolute atomic E-state index is 14.3. The van der Waals surface area contributed by atoms with Gasteiger partial charge in [0.05, 0.1) is 89.0 Å². The summed E-state index contributed by atoms with van der Waals surface area (Å²) in [6, 6.07) is 44.6. The first-order valence-corrected chi connectivity index (χ1v) is 42.8. The number of unbranched alkanes of at least 4 members (excludes halogenated alkanes) is 9. The number of benzene rings is 8. The van der Waals surface area contributed by atoms with Crippen molar-refractivity contribution >= 4 is 171 Å². The van der Waals surface area contributed by atoms with Crippen molar-refractivity contribution in [3.05, 3.63) is 202 Å². The number of anilines is 6. The third-order valence-corrected chi connectivity index (χ3v) is 20.9. The number of esters is 1. The van der Waals surface area contributed by atoms with Gasteiger partial charge in [0.15, 0.2) is 46.1 Å². The van der Waals surface area contributed by atoms with E-state index in [-0.39, 0.29) is 65.3 Å². The van der Waals surface area contributed by atoms with E-state index in [0.717, 1.165) is 77.0 Å². The van der Waals surface area contributed by atoms with Crippen molar-refractivity contribution < 1.29 is 80.2 Å². The molecule has 126 heavy (non-hydrogen) atoms. The van der Waals surface area contributed by atoms with Gasteiger partial charge in [-0.1, -0.05) is 136 Å². The zero-order valence-corrected chi connectivity index (χ0v) is 73.9. The number of halogens is 1. The maximum Gasteiger partial charge on any atom is 0.411 e. The molecule has 1 aliphatic rings. The second-order valence-corrected chi connectivity index (χ2v) is 30.6. The number of hydrazine groups is 1. The van der Waals surface area contributed by atoms with Crippen molar-refractivity contribution in [2.24, 2.45) is 33.4 Å². The number of carbonyl (C=O) groups is 6. The maximum atomic E-state index is 14.3. The van der Waals surface area contributed by atoms with Gasteiger partial charge in [-0.05, 0) is 179 Å². The Morgan fingerprint density at radius 2 is 1.23 bits per heavy atom. The van der Waals surface area contributed by atoms with Gasteiger partial charge < -0.3 is 43.8 Å². The van der Waals surface area contributed by atoms with Crippen LogP contribution in [-0.2, 0) is 66.3 Å². The molecule has 8 N–H and O–H groups in total. The lowest BCUT2D eigenvalue weighted by Crippen LogP contribution is -2.36. The summed E-state index contributed by atoms with van der Waals surface area (Å²) >= 11 is 6.61. The van der Waals surface area contributed by atoms with Crippen molar-refractivity contribution in [2.45, 2.75) is 132 Å². The van der Waals surface area contributed by atoms with Crippen molar-refractivity contribution in [1.82, 2.24) is 28.9 Å². The first kappa shape index (κ1) is 96.2. The van der Waals surface area contributed by atoms with Crippen LogP contribution in [0.2, 0.25) is 5.02 Å². The monoisotopic (exact) mass is 1790 g/mol. The summed E-state index contributed by atoms with van der Waals surface area (Å²) in [5, 5.41) is 48.5. The van der Waals surface area contributed by atoms with E-state index in [2.05, 4.69) is 72.6 Å². The predicted molar refractivity (Wildman–Crippen MR) is 480 cm³/mol. The Hall–Kier alpha value is -13.6. The smallest absolute Gasteiger partial charge is 0.411 e. The molecule has 39 heteroatoms. The lowest BCUT2D eigenvalue weighted by molar-refractivity contribution is -0.285. The molecule has 660 valence electrons. The summed E-state index contributed by atoms with van der Waals surface area (Å²) in [5.41, 5.74) is 9.27. The zero-order chi connectivity index (χ0) is 90.6. The predicted octanol–water partition coefficient (Wildman–Crippen LogP) is 19.9. The topological polar surface area (TPSA) is 457 Å². The molecule has 1 saturated heterocycles. The summed E-state index contributed by atoms with van der Waals surface area (Å²) in [4.78, 5) is 112. The van der Waals surface area contributed by atoms with Crippen molar-refractivity contribution in [3.63, 3.8) is 0 Å². The minimum Gasteiger partial charge on any atom is -0.496 e. The van der Waals surface area contributed by atoms with Crippen LogP contribution in [-0.4, -0.2) is 109 Å². The number of hydrogen-bond acceptors (Lipinski definition) is 30. The fourth-order valence-corrected chi connectivity index (χ4v) is 15.0. The van der Waals surface area contributed by atoms with Crippen molar-refractivity contribution in [3.8, 4) is 23.0 Å². The summed E-state index contributed by atoms with van der Waals surface area (Å²) in [6.07, 6.45) is 9.92. The minimum absolute atomic E-state index is 0.0535. The van der Waals surface area contributed by atoms with E-state index < -0.39 is 65.1 Å². The van der Waals surface area contributed by atoms with Gasteiger partial charge in [-0.15, -0.1) is 20.5 Å². The van der Waals surface area contributed by atoms with Gasteiger partial charge in [0.25, 0.3) is 11.8 Å². The number of fused-ring (bicyclic) bond motifs is 2. The third-order valence-electron chi connectivity index (χ3n) is 18.4. The Morgan fingerprint density at radius 1 is 0.643 bits per heavy atom. The lowest BCUT2D eigenvalue weighted by Gasteiger charge is -2.26. The molecule has 5 amide bonds. The van der Waals surface area contributed by atoms with Crippen LogP contribution in [0.4, 0.5) is 60.3 Å². The number of isocyanates is 2. The number of hydrogen-bond donors (Lipinski definition) is 8. The number of aryl methyl sites for hydroxylation is 4. The van der Waals surface area contributed by atoms with Gasteiger partial charge in [-0.3, -0.25) is 34.6 Å². The van der Waals surface area contributed by atoms with E-state index in [9.17, 15) is 33.0 Å². The number of aromatic nitrogens is 5. The second kappa shape index (κ2) is 49.1. The van der Waals surface area contributed by atoms with E-state index in [0.29, 0.717) is 94.9 Å². The number of nitrogens with zero attached hydrogens (tertiary/aromatic N) is 10. The highest BCUT2D eigenvalue weighted by Crippen LogP contribution is 2.47. The Kier molecular flexibility index (Phi) is 37.5. The summed E-state index contributed by atoms with van der Waals surface area (Å²) in [7, 11) is 3.34. The van der Waals surface area contributed by atoms with E-state index in [1.807, 2.05) is 44.2 Å². The Labute approximate surface area is 741 Å². The molecule has 8 aromatic carbocycles. The summed E-state index contributed by atoms with van der Waals surface area (Å²) < 4.78 is 62.0. The van der Waals surface area contributed by atoms with Gasteiger partial charge in [-0.2, -0.15) is 18.1 Å². The molecule has 0 bridgehead atoms. The molecule has 1 fully saturated rings. The summed E-state index contributed by atoms with van der Waals surface area (Å²) in [6.45, 7) is 14.6. The van der Waals surface area contributed by atoms with E-state index in [4.69, 9.17) is 74.6 Å². The SMILES string of the molecule is CCCCCCCCCCCCOC(=O)c1cccc(C(Oc2c(NC(C)=O)cc(N=Nc3snc4ccc(Cl)cc34)cc2NC(C)=O)C2C(=O)NN(c3ccccc3)C2=O)c1.CCOOCNc1cc(N=Nc2snc3ccc(NS(=O)Oc4ccc(C)cc4)cc23)cc(NC(=O)OCC)c1OC(c1cc(C)ccc1OC)c1nc(C)nn1C.N=C=O.N=C=O. The van der Waals surface area contributed by atoms with E-state index >= 15 is 0 Å². The van der Waals surface area contributed by atoms with Crippen LogP contribution in [0, 0.1) is 37.5 Å². The molecule has 35 nitrogen and oxygen atoms in total. The van der Waals surface area contributed by atoms with Crippen LogP contribution >= 0.6 is 34.7 Å². The van der Waals surface area contributed by atoms with Gasteiger partial charge in [0.1, 0.15) is 23.4 Å². The number of methoxy groups -OCH3 is 1. The number of rotatable bonds is 39. The van der Waals surface area contributed by atoms with Gasteiger partial charge >= 0.3 is 23.3 Å². The molecule has 3 aromatic heterocycles. The van der Waals surface area contributed by atoms with E-state index in [1.54, 1.807) is 149 Å². The number of ether oxygens (including phenoxy) is 5. The number of nitrogens with one attached hydrogen (secondary N) is 8. The molecule has 0 saturated carbocycles. The molecule has 12 rings (SSSR count). The average Bonchev–Trinajstić information content (AvgIpc) is 1.58. The van der Waals surface area contributed by atoms with Crippen LogP contribution in [0.1, 0.15) is 155 Å². The molecular weight excluding hydrogens is 1700 g/mol. The number of amides is 5. The van der Waals surface area contributed by atoms with Crippen LogP contribution < -0.4 is 54.8 Å². The first-order valence-electron chi connectivity index (χ1n) is 39.8. The fraction of sp³-hybridized carbons (Fsp3) is 0.310. The Bertz CT molecular complexity index is 5700. The van der Waals surface area contributed by atoms with Gasteiger partial charge in [0, 0.05) is 42.3 Å². The van der Waals surface area contributed by atoms with Gasteiger partial charge in [-0.25, -0.2) is 54.4 Å². The Morgan fingerprint density at radius 3 is 1.83 bits per heavy atom. The van der Waals surface area contributed by atoms with Crippen LogP contribution in [0.25, 0.3) is 21.8 Å². The van der Waals surface area contributed by atoms with Crippen molar-refractivity contribution in [2.75, 3.05) is 64.7 Å². The number of carbonyl (C=O) groups excluding carboxylic acids is 8. The van der Waals surface area contributed by atoms with Crippen molar-refractivity contribution in [1.29, 1.82) is 10.8 Å². The third kappa shape index (κ3) is 28.0. The van der Waals surface area contributed by atoms with E-state index in [1.165, 1.54) is 70.6 Å². The molecule has 0 aliphatic carbocycles. The number of azo groups is 2. The summed E-state index contributed by atoms with van der Waals surface area (Å²) in [5.74, 6) is -2.23. The standard InChI is InChI=1S/C46H50ClN7O7S.C39H43N9O8S2.2CHNO/c1-4-5-6-7-8-9-10-11-12-16-24-60-46(59)32-19-17-18-31(25-32)41(40-43(57)52-54(45(40)58)35-20-14-13-15-21-35)61-42-38(48-29(2)55)27-34(28-39(42)49-30(3)56)50-51-44-36-26-33(47)22-23-37(36)53-62-44;1-8-52-39(49)42-33-21-27(43-44-38-29-19-26(13-16-31(29)46-57-38)47-58(50)56-28-14-10-23(3)11-15-28)20-32(40-22-54-53-9-2)36(33)55-35(37-41-25(5)45-48(37)6)30-18-24(4)12-17-34(30)51-7;2*2-1-3/h13-15,17-23,25-28,40-41H,4-12,16,24H2,1-3H3,(H,48,55)(H,49,56)(H,52,57);10-21,35,40,47H,8-9,22H2,1-7H3,(H,42,49);2*2H. The van der Waals surface area contributed by atoms with Gasteiger partial charge in [0.2, 0.25) is 24.0 Å². The first-order chi connectivity index (χ1) is 60.9. The normalized spacial score (nSPS) is 12.8. The highest BCUT2D eigenvalue weighted by Gasteiger charge is 2.48. The molecule has 0 spiro atoms. The molecule has 4 unspecified atom stereocenters. The molecule has 4 atom stereocenters. The fourth-order valence-electron chi connectivity index (χ4n) is 12.8. The lowest BCUT2D eigenvalue weighted by atomic mass is 9.93. The quantitative estimate of drug-likeness (QED) is 0.00204. The largest absolute Gasteiger partial charge is 0.496 e. The minimum atomic E-state index is -1.87.